The second kappa shape index (κ2) is 6.66. The van der Waals surface area contributed by atoms with E-state index in [0.717, 1.165) is 31.5 Å². The molecular weight excluding hydrogens is 226 g/mol. The Morgan fingerprint density at radius 1 is 1.39 bits per heavy atom. The molecule has 1 N–H and O–H groups in total. The molecule has 1 fully saturated rings. The van der Waals surface area contributed by atoms with E-state index in [9.17, 15) is 4.79 Å². The minimum atomic E-state index is 0.0292. The molecule has 0 bridgehead atoms. The maximum Gasteiger partial charge on any atom is 0.165 e. The van der Waals surface area contributed by atoms with Crippen molar-refractivity contribution in [3.8, 4) is 0 Å². The van der Waals surface area contributed by atoms with E-state index >= 15 is 0 Å². The van der Waals surface area contributed by atoms with E-state index < -0.39 is 0 Å². The van der Waals surface area contributed by atoms with Crippen LogP contribution in [0.3, 0.4) is 0 Å². The molecule has 1 heterocycles. The Labute approximate surface area is 109 Å². The number of carbonyl (C=O) groups is 1. The van der Waals surface area contributed by atoms with E-state index in [0.29, 0.717) is 13.0 Å². The van der Waals surface area contributed by atoms with Crippen molar-refractivity contribution in [3.63, 3.8) is 0 Å². The van der Waals surface area contributed by atoms with Gasteiger partial charge < -0.3 is 10.1 Å². The molecule has 0 saturated carbocycles. The van der Waals surface area contributed by atoms with Crippen LogP contribution in [0, 0.1) is 0 Å². The van der Waals surface area contributed by atoms with Crippen molar-refractivity contribution in [1.29, 1.82) is 0 Å². The number of carbonyl (C=O) groups excluding carboxylic acids is 1. The number of ether oxygens (including phenoxy) is 1. The van der Waals surface area contributed by atoms with Gasteiger partial charge in [-0.25, -0.2) is 0 Å². The molecule has 1 aliphatic rings. The van der Waals surface area contributed by atoms with Crippen LogP contribution in [0.4, 0.5) is 0 Å². The van der Waals surface area contributed by atoms with Crippen molar-refractivity contribution in [3.05, 3.63) is 35.4 Å². The van der Waals surface area contributed by atoms with E-state index in [1.807, 2.05) is 12.1 Å². The van der Waals surface area contributed by atoms with Gasteiger partial charge in [-0.3, -0.25) is 4.79 Å². The number of benzene rings is 1. The molecule has 1 unspecified atom stereocenters. The van der Waals surface area contributed by atoms with Gasteiger partial charge in [-0.05, 0) is 12.0 Å². The van der Waals surface area contributed by atoms with E-state index in [-0.39, 0.29) is 11.9 Å². The summed E-state index contributed by atoms with van der Waals surface area (Å²) in [5.74, 6) is 0.173. The van der Waals surface area contributed by atoms with Gasteiger partial charge in [-0.15, -0.1) is 0 Å². The van der Waals surface area contributed by atoms with Crippen molar-refractivity contribution in [1.82, 2.24) is 5.32 Å². The van der Waals surface area contributed by atoms with Gasteiger partial charge >= 0.3 is 0 Å². The fourth-order valence-electron chi connectivity index (χ4n) is 2.22. The van der Waals surface area contributed by atoms with Crippen LogP contribution in [0.2, 0.25) is 0 Å². The lowest BCUT2D eigenvalue weighted by molar-refractivity contribution is 0.0240. The van der Waals surface area contributed by atoms with Gasteiger partial charge in [0.25, 0.3) is 0 Å². The number of aryl methyl sites for hydroxylation is 1. The lowest BCUT2D eigenvalue weighted by Crippen LogP contribution is -2.39. The third-order valence-corrected chi connectivity index (χ3v) is 3.23. The van der Waals surface area contributed by atoms with E-state index in [2.05, 4.69) is 24.4 Å². The summed E-state index contributed by atoms with van der Waals surface area (Å²) < 4.78 is 5.55. The quantitative estimate of drug-likeness (QED) is 0.811. The molecule has 0 amide bonds. The van der Waals surface area contributed by atoms with Crippen LogP contribution in [0.5, 0.6) is 0 Å². The number of hydrogen-bond donors (Lipinski definition) is 1. The maximum absolute atomic E-state index is 12.1. The molecule has 0 aliphatic carbocycles. The zero-order valence-electron chi connectivity index (χ0n) is 10.9. The van der Waals surface area contributed by atoms with Gasteiger partial charge in [-0.1, -0.05) is 37.6 Å². The Morgan fingerprint density at radius 3 is 2.78 bits per heavy atom. The average Bonchev–Trinajstić information content (AvgIpc) is 2.41. The number of rotatable bonds is 5. The first-order valence-corrected chi connectivity index (χ1v) is 6.74. The van der Waals surface area contributed by atoms with Crippen LogP contribution >= 0.6 is 0 Å². The zero-order chi connectivity index (χ0) is 12.8. The summed E-state index contributed by atoms with van der Waals surface area (Å²) >= 11 is 0. The number of ketones is 1. The van der Waals surface area contributed by atoms with Gasteiger partial charge in [0.05, 0.1) is 12.7 Å². The fraction of sp³-hybridized carbons (Fsp3) is 0.533. The summed E-state index contributed by atoms with van der Waals surface area (Å²) in [6.07, 6.45) is 2.71. The number of Topliss-reactive ketones (excluding diaryl/α,β-unsaturated/α-hetero) is 1. The predicted octanol–water partition coefficient (Wildman–Crippen LogP) is 2.20. The van der Waals surface area contributed by atoms with Crippen LogP contribution < -0.4 is 5.32 Å². The first-order valence-electron chi connectivity index (χ1n) is 6.74. The van der Waals surface area contributed by atoms with E-state index in [1.165, 1.54) is 5.56 Å². The number of morpholine rings is 1. The van der Waals surface area contributed by atoms with Gasteiger partial charge in [0.1, 0.15) is 0 Å². The highest BCUT2D eigenvalue weighted by molar-refractivity contribution is 5.96. The maximum atomic E-state index is 12.1. The molecule has 1 aliphatic heterocycles. The van der Waals surface area contributed by atoms with Crippen molar-refractivity contribution >= 4 is 5.78 Å². The molecule has 3 heteroatoms. The Balaban J connectivity index is 1.91. The summed E-state index contributed by atoms with van der Waals surface area (Å²) in [6.45, 7) is 4.52. The molecule has 2 rings (SSSR count). The Hall–Kier alpha value is -1.19. The van der Waals surface area contributed by atoms with Gasteiger partial charge in [0.2, 0.25) is 0 Å². The third-order valence-electron chi connectivity index (χ3n) is 3.23. The summed E-state index contributed by atoms with van der Waals surface area (Å²) in [7, 11) is 0. The first-order chi connectivity index (χ1) is 8.79. The minimum Gasteiger partial charge on any atom is -0.375 e. The second-order valence-corrected chi connectivity index (χ2v) is 4.77. The topological polar surface area (TPSA) is 38.3 Å². The summed E-state index contributed by atoms with van der Waals surface area (Å²) in [6, 6.07) is 7.97. The third kappa shape index (κ3) is 3.65. The lowest BCUT2D eigenvalue weighted by Gasteiger charge is -2.22. The molecule has 1 aromatic carbocycles. The molecule has 1 saturated heterocycles. The van der Waals surface area contributed by atoms with Gasteiger partial charge in [0, 0.05) is 25.1 Å². The molecule has 98 valence electrons. The van der Waals surface area contributed by atoms with E-state index in [4.69, 9.17) is 4.74 Å². The van der Waals surface area contributed by atoms with Crippen molar-refractivity contribution < 1.29 is 9.53 Å². The van der Waals surface area contributed by atoms with Gasteiger partial charge in [-0.2, -0.15) is 0 Å². The Bertz CT molecular complexity index is 380. The fourth-order valence-corrected chi connectivity index (χ4v) is 2.22. The van der Waals surface area contributed by atoms with Crippen LogP contribution in [0.15, 0.2) is 24.3 Å². The first kappa shape index (κ1) is 13.2. The molecule has 1 atom stereocenters. The van der Waals surface area contributed by atoms with Crippen molar-refractivity contribution in [2.24, 2.45) is 0 Å². The standard InChI is InChI=1S/C15H21NO2/c1-2-3-12-4-6-13(7-5-12)15(17)10-14-11-16-8-9-18-14/h4-7,14,16H,2-3,8-11H2,1H3. The van der Waals surface area contributed by atoms with Crippen molar-refractivity contribution in [2.45, 2.75) is 32.3 Å². The van der Waals surface area contributed by atoms with Crippen LogP contribution in [0.25, 0.3) is 0 Å². The highest BCUT2D eigenvalue weighted by atomic mass is 16.5. The SMILES string of the molecule is CCCc1ccc(C(=O)CC2CNCCO2)cc1. The second-order valence-electron chi connectivity index (χ2n) is 4.77. The molecule has 0 aromatic heterocycles. The summed E-state index contributed by atoms with van der Waals surface area (Å²) in [4.78, 5) is 12.1. The molecular formula is C15H21NO2. The lowest BCUT2D eigenvalue weighted by atomic mass is 10.0. The Kier molecular flexibility index (Phi) is 4.90. The van der Waals surface area contributed by atoms with Crippen molar-refractivity contribution in [2.75, 3.05) is 19.7 Å². The van der Waals surface area contributed by atoms with Gasteiger partial charge in [0.15, 0.2) is 5.78 Å². The number of hydrogen-bond acceptors (Lipinski definition) is 3. The average molecular weight is 247 g/mol. The highest BCUT2D eigenvalue weighted by Gasteiger charge is 2.18. The highest BCUT2D eigenvalue weighted by Crippen LogP contribution is 2.11. The molecule has 3 nitrogen and oxygen atoms in total. The normalized spacial score (nSPS) is 19.7. The largest absolute Gasteiger partial charge is 0.375 e. The summed E-state index contributed by atoms with van der Waals surface area (Å²) in [5, 5.41) is 3.24. The predicted molar refractivity (Wildman–Crippen MR) is 72.0 cm³/mol. The minimum absolute atomic E-state index is 0.0292. The molecule has 0 spiro atoms. The monoisotopic (exact) mass is 247 g/mol. The smallest absolute Gasteiger partial charge is 0.165 e. The zero-order valence-corrected chi connectivity index (χ0v) is 10.9. The van der Waals surface area contributed by atoms with Crippen LogP contribution in [0.1, 0.15) is 35.7 Å². The Morgan fingerprint density at radius 2 is 2.17 bits per heavy atom. The number of nitrogens with one attached hydrogen (secondary N) is 1. The molecule has 18 heavy (non-hydrogen) atoms. The van der Waals surface area contributed by atoms with E-state index in [1.54, 1.807) is 0 Å². The summed E-state index contributed by atoms with van der Waals surface area (Å²) in [5.41, 5.74) is 2.09. The van der Waals surface area contributed by atoms with Crippen LogP contribution in [-0.2, 0) is 11.2 Å². The molecule has 0 radical (unpaired) electrons. The van der Waals surface area contributed by atoms with Crippen LogP contribution in [-0.4, -0.2) is 31.6 Å². The molecule has 1 aromatic rings.